The third kappa shape index (κ3) is 3.45. The molecule has 0 bridgehead atoms. The van der Waals surface area contributed by atoms with E-state index in [9.17, 15) is 4.79 Å². The van der Waals surface area contributed by atoms with Gasteiger partial charge >= 0.3 is 5.97 Å². The largest absolute Gasteiger partial charge is 0.455 e. The molecule has 0 saturated heterocycles. The summed E-state index contributed by atoms with van der Waals surface area (Å²) in [5, 5.41) is 6.77. The normalized spacial score (nSPS) is 10.8. The number of benzene rings is 2. The van der Waals surface area contributed by atoms with Crippen LogP contribution < -0.4 is 5.32 Å². The van der Waals surface area contributed by atoms with Crippen LogP contribution in [0.2, 0.25) is 0 Å². The van der Waals surface area contributed by atoms with Gasteiger partial charge in [0.25, 0.3) is 0 Å². The van der Waals surface area contributed by atoms with Gasteiger partial charge in [-0.15, -0.1) is 11.3 Å². The molecule has 4 aromatic rings. The Hall–Kier alpha value is -3.12. The van der Waals surface area contributed by atoms with Gasteiger partial charge in [0.05, 0.1) is 11.3 Å². The molecule has 2 heterocycles. The van der Waals surface area contributed by atoms with Crippen molar-refractivity contribution < 1.29 is 9.53 Å². The zero-order valence-electron chi connectivity index (χ0n) is 14.2. The Morgan fingerprint density at radius 1 is 1.19 bits per heavy atom. The van der Waals surface area contributed by atoms with Gasteiger partial charge in [-0.3, -0.25) is 0 Å². The first-order chi connectivity index (χ1) is 12.7. The first-order valence-corrected chi connectivity index (χ1v) is 9.08. The number of thiazole rings is 1. The summed E-state index contributed by atoms with van der Waals surface area (Å²) in [7, 11) is 0. The molecule has 6 heteroatoms. The lowest BCUT2D eigenvalue weighted by molar-refractivity contribution is 0.0471. The summed E-state index contributed by atoms with van der Waals surface area (Å²) >= 11 is 1.48. The van der Waals surface area contributed by atoms with E-state index in [2.05, 4.69) is 15.3 Å². The van der Waals surface area contributed by atoms with Gasteiger partial charge < -0.3 is 15.0 Å². The standard InChI is InChI=1S/C20H17N3O2S/c1-13-6-8-14(9-7-13)22-20-23-15(12-26-20)11-25-19(24)17-10-21-18-5-3-2-4-16(17)18/h2-10,12,21H,11H2,1H3,(H,22,23). The molecule has 0 fully saturated rings. The van der Waals surface area contributed by atoms with E-state index in [0.717, 1.165) is 27.4 Å². The minimum Gasteiger partial charge on any atom is -0.455 e. The van der Waals surface area contributed by atoms with Gasteiger partial charge in [0.15, 0.2) is 5.13 Å². The Kier molecular flexibility index (Phi) is 4.41. The van der Waals surface area contributed by atoms with Gasteiger partial charge in [0, 0.05) is 28.2 Å². The molecule has 0 saturated carbocycles. The lowest BCUT2D eigenvalue weighted by atomic mass is 10.2. The molecular formula is C20H17N3O2S. The number of H-pyrrole nitrogens is 1. The van der Waals surface area contributed by atoms with E-state index in [4.69, 9.17) is 4.74 Å². The van der Waals surface area contributed by atoms with E-state index in [-0.39, 0.29) is 12.6 Å². The number of esters is 1. The highest BCUT2D eigenvalue weighted by molar-refractivity contribution is 7.13. The number of fused-ring (bicyclic) bond motifs is 1. The molecule has 0 radical (unpaired) electrons. The summed E-state index contributed by atoms with van der Waals surface area (Å²) in [6.07, 6.45) is 1.68. The predicted molar refractivity (Wildman–Crippen MR) is 104 cm³/mol. The Morgan fingerprint density at radius 3 is 2.85 bits per heavy atom. The Balaban J connectivity index is 1.40. The number of ether oxygens (including phenoxy) is 1. The molecule has 2 aromatic heterocycles. The van der Waals surface area contributed by atoms with Crippen LogP contribution in [-0.4, -0.2) is 15.9 Å². The van der Waals surface area contributed by atoms with E-state index in [0.29, 0.717) is 5.56 Å². The van der Waals surface area contributed by atoms with Gasteiger partial charge in [-0.1, -0.05) is 35.9 Å². The Bertz CT molecular complexity index is 1050. The van der Waals surface area contributed by atoms with Crippen LogP contribution in [0.3, 0.4) is 0 Å². The number of hydrogen-bond donors (Lipinski definition) is 2. The monoisotopic (exact) mass is 363 g/mol. The van der Waals surface area contributed by atoms with Crippen LogP contribution in [0, 0.1) is 6.92 Å². The van der Waals surface area contributed by atoms with Crippen molar-refractivity contribution >= 4 is 39.0 Å². The minimum atomic E-state index is -0.358. The highest BCUT2D eigenvalue weighted by Crippen LogP contribution is 2.23. The summed E-state index contributed by atoms with van der Waals surface area (Å²) in [5.74, 6) is -0.358. The molecule has 4 rings (SSSR count). The summed E-state index contributed by atoms with van der Waals surface area (Å²) in [5.41, 5.74) is 4.36. The second-order valence-corrected chi connectivity index (χ2v) is 6.82. The van der Waals surface area contributed by atoms with Crippen LogP contribution in [0.25, 0.3) is 10.9 Å². The molecule has 0 spiro atoms. The molecule has 5 nitrogen and oxygen atoms in total. The molecule has 0 aliphatic heterocycles. The fourth-order valence-corrected chi connectivity index (χ4v) is 3.36. The van der Waals surface area contributed by atoms with Crippen molar-refractivity contribution in [1.29, 1.82) is 0 Å². The summed E-state index contributed by atoms with van der Waals surface area (Å²) < 4.78 is 5.42. The number of carbonyl (C=O) groups excluding carboxylic acids is 1. The number of anilines is 2. The van der Waals surface area contributed by atoms with Gasteiger partial charge in [0.1, 0.15) is 6.61 Å². The maximum Gasteiger partial charge on any atom is 0.340 e. The summed E-state index contributed by atoms with van der Waals surface area (Å²) in [6, 6.07) is 15.7. The number of aromatic nitrogens is 2. The van der Waals surface area contributed by atoms with Gasteiger partial charge in [-0.25, -0.2) is 9.78 Å². The molecule has 26 heavy (non-hydrogen) atoms. The number of para-hydroxylation sites is 1. The number of aromatic amines is 1. The summed E-state index contributed by atoms with van der Waals surface area (Å²) in [6.45, 7) is 2.19. The van der Waals surface area contributed by atoms with E-state index >= 15 is 0 Å². The van der Waals surface area contributed by atoms with Crippen LogP contribution in [0.1, 0.15) is 21.6 Å². The number of hydrogen-bond acceptors (Lipinski definition) is 5. The molecule has 130 valence electrons. The molecule has 2 N–H and O–H groups in total. The molecule has 0 amide bonds. The zero-order chi connectivity index (χ0) is 17.9. The van der Waals surface area contributed by atoms with Crippen molar-refractivity contribution in [3.05, 3.63) is 76.9 Å². The Labute approximate surface area is 154 Å². The van der Waals surface area contributed by atoms with Gasteiger partial charge in [-0.2, -0.15) is 0 Å². The maximum absolute atomic E-state index is 12.3. The quantitative estimate of drug-likeness (QED) is 0.488. The zero-order valence-corrected chi connectivity index (χ0v) is 15.0. The average molecular weight is 363 g/mol. The lowest BCUT2D eigenvalue weighted by Gasteiger charge is -2.03. The fourth-order valence-electron chi connectivity index (χ4n) is 2.65. The van der Waals surface area contributed by atoms with E-state index in [1.807, 2.05) is 60.8 Å². The van der Waals surface area contributed by atoms with Gasteiger partial charge in [0.2, 0.25) is 0 Å². The van der Waals surface area contributed by atoms with Crippen molar-refractivity contribution in [2.24, 2.45) is 0 Å². The van der Waals surface area contributed by atoms with Crippen molar-refractivity contribution in [1.82, 2.24) is 9.97 Å². The topological polar surface area (TPSA) is 67.0 Å². The van der Waals surface area contributed by atoms with E-state index in [1.54, 1.807) is 6.20 Å². The van der Waals surface area contributed by atoms with Crippen LogP contribution in [0.5, 0.6) is 0 Å². The molecule has 0 aliphatic carbocycles. The number of carbonyl (C=O) groups is 1. The van der Waals surface area contributed by atoms with Crippen LogP contribution in [0.4, 0.5) is 10.8 Å². The fraction of sp³-hybridized carbons (Fsp3) is 0.100. The SMILES string of the molecule is Cc1ccc(Nc2nc(COC(=O)c3c[nH]c4ccccc34)cs2)cc1. The molecule has 0 unspecified atom stereocenters. The molecule has 0 atom stereocenters. The highest BCUT2D eigenvalue weighted by Gasteiger charge is 2.14. The van der Waals surface area contributed by atoms with Crippen molar-refractivity contribution in [3.8, 4) is 0 Å². The van der Waals surface area contributed by atoms with E-state index in [1.165, 1.54) is 16.9 Å². The average Bonchev–Trinajstić information content (AvgIpc) is 3.28. The molecule has 0 aliphatic rings. The third-order valence-corrected chi connectivity index (χ3v) is 4.82. The second kappa shape index (κ2) is 7.01. The highest BCUT2D eigenvalue weighted by atomic mass is 32.1. The predicted octanol–water partition coefficient (Wildman–Crippen LogP) is 5.03. The van der Waals surface area contributed by atoms with Crippen LogP contribution in [-0.2, 0) is 11.3 Å². The number of aryl methyl sites for hydroxylation is 1. The third-order valence-electron chi connectivity index (χ3n) is 4.01. The first kappa shape index (κ1) is 16.4. The smallest absolute Gasteiger partial charge is 0.340 e. The van der Waals surface area contributed by atoms with Crippen LogP contribution >= 0.6 is 11.3 Å². The first-order valence-electron chi connectivity index (χ1n) is 8.20. The molecule has 2 aromatic carbocycles. The van der Waals surface area contributed by atoms with Crippen molar-refractivity contribution in [3.63, 3.8) is 0 Å². The number of rotatable bonds is 5. The maximum atomic E-state index is 12.3. The Morgan fingerprint density at radius 2 is 2.00 bits per heavy atom. The lowest BCUT2D eigenvalue weighted by Crippen LogP contribution is -2.04. The second-order valence-electron chi connectivity index (χ2n) is 5.96. The molecular weight excluding hydrogens is 346 g/mol. The van der Waals surface area contributed by atoms with Crippen LogP contribution in [0.15, 0.2) is 60.1 Å². The van der Waals surface area contributed by atoms with Gasteiger partial charge in [-0.05, 0) is 25.1 Å². The minimum absolute atomic E-state index is 0.143. The number of nitrogens with one attached hydrogen (secondary N) is 2. The summed E-state index contributed by atoms with van der Waals surface area (Å²) in [4.78, 5) is 19.9. The van der Waals surface area contributed by atoms with Crippen molar-refractivity contribution in [2.45, 2.75) is 13.5 Å². The van der Waals surface area contributed by atoms with Crippen molar-refractivity contribution in [2.75, 3.05) is 5.32 Å². The van der Waals surface area contributed by atoms with E-state index < -0.39 is 0 Å². The number of nitrogens with zero attached hydrogens (tertiary/aromatic N) is 1.